The van der Waals surface area contributed by atoms with Crippen LogP contribution in [0, 0.1) is 9.39 Å². The van der Waals surface area contributed by atoms with E-state index in [4.69, 9.17) is 14.2 Å². The van der Waals surface area contributed by atoms with Crippen molar-refractivity contribution in [1.82, 2.24) is 4.57 Å². The quantitative estimate of drug-likeness (QED) is 0.210. The van der Waals surface area contributed by atoms with Crippen LogP contribution in [0.15, 0.2) is 87.8 Å². The average molecular weight is 671 g/mol. The summed E-state index contributed by atoms with van der Waals surface area (Å²) in [4.78, 5) is 31.6. The molecule has 1 aromatic heterocycles. The number of hydrogen-bond acceptors (Lipinski definition) is 7. The third kappa shape index (κ3) is 5.33. The summed E-state index contributed by atoms with van der Waals surface area (Å²) in [5, 5.41) is 0. The maximum atomic E-state index is 14.1. The molecular formula is C30H24FIN2O5S. The monoisotopic (exact) mass is 670 g/mol. The molecule has 3 aromatic carbocycles. The van der Waals surface area contributed by atoms with Gasteiger partial charge in [-0.15, -0.1) is 0 Å². The van der Waals surface area contributed by atoms with Crippen molar-refractivity contribution in [2.45, 2.75) is 19.6 Å². The largest absolute Gasteiger partial charge is 0.493 e. The summed E-state index contributed by atoms with van der Waals surface area (Å²) < 4.78 is 33.4. The van der Waals surface area contributed by atoms with Gasteiger partial charge in [0.25, 0.3) is 5.56 Å². The zero-order chi connectivity index (χ0) is 28.4. The third-order valence-corrected chi connectivity index (χ3v) is 8.21. The maximum Gasteiger partial charge on any atom is 0.338 e. The Bertz CT molecular complexity index is 1810. The first kappa shape index (κ1) is 27.8. The fourth-order valence-corrected chi connectivity index (χ4v) is 6.35. The number of carbonyl (C=O) groups is 1. The normalized spacial score (nSPS) is 14.9. The number of hydrogen-bond donors (Lipinski definition) is 0. The van der Waals surface area contributed by atoms with Gasteiger partial charge in [0.2, 0.25) is 0 Å². The summed E-state index contributed by atoms with van der Waals surface area (Å²) in [6, 6.07) is 18.7. The predicted molar refractivity (Wildman–Crippen MR) is 159 cm³/mol. The van der Waals surface area contributed by atoms with E-state index >= 15 is 0 Å². The summed E-state index contributed by atoms with van der Waals surface area (Å²) in [5.41, 5.74) is 2.46. The molecule has 0 bridgehead atoms. The number of ether oxygens (including phenoxy) is 3. The second-order valence-electron chi connectivity index (χ2n) is 8.90. The highest BCUT2D eigenvalue weighted by atomic mass is 127. The molecule has 0 amide bonds. The Balaban J connectivity index is 1.57. The standard InChI is InChI=1S/C30H24FIN2O5S/c1-17-25(29(36)38-3)26(19-9-5-4-6-10-19)34-28(35)24(40-30(34)33-17)15-18-13-22(32)27(23(14-18)37-2)39-16-20-11-7-8-12-21(20)31/h4-15,26H,16H2,1-3H3. The second kappa shape index (κ2) is 11.8. The Hall–Kier alpha value is -3.77. The number of aromatic nitrogens is 1. The molecule has 0 spiro atoms. The van der Waals surface area contributed by atoms with E-state index < -0.39 is 12.0 Å². The van der Waals surface area contributed by atoms with Crippen LogP contribution in [0.4, 0.5) is 4.39 Å². The van der Waals surface area contributed by atoms with Crippen LogP contribution >= 0.6 is 33.9 Å². The SMILES string of the molecule is COC(=O)C1=C(C)N=c2sc(=Cc3cc(I)c(OCc4ccccc4F)c(OC)c3)c(=O)n2C1c1ccccc1. The topological polar surface area (TPSA) is 79.1 Å². The molecular weight excluding hydrogens is 646 g/mol. The van der Waals surface area contributed by atoms with E-state index in [9.17, 15) is 14.0 Å². The number of nitrogens with zero attached hydrogens (tertiary/aromatic N) is 2. The highest BCUT2D eigenvalue weighted by molar-refractivity contribution is 14.1. The van der Waals surface area contributed by atoms with Crippen LogP contribution < -0.4 is 24.4 Å². The van der Waals surface area contributed by atoms with Crippen LogP contribution in [0.3, 0.4) is 0 Å². The fourth-order valence-electron chi connectivity index (χ4n) is 4.52. The van der Waals surface area contributed by atoms with Crippen molar-refractivity contribution in [3.05, 3.63) is 124 Å². The second-order valence-corrected chi connectivity index (χ2v) is 11.1. The number of fused-ring (bicyclic) bond motifs is 1. The molecule has 5 rings (SSSR count). The molecule has 7 nitrogen and oxygen atoms in total. The van der Waals surface area contributed by atoms with Crippen LogP contribution in [0.5, 0.6) is 11.5 Å². The van der Waals surface area contributed by atoms with E-state index in [1.807, 2.05) is 36.4 Å². The molecule has 0 fully saturated rings. The number of esters is 1. The van der Waals surface area contributed by atoms with Gasteiger partial charge in [0.05, 0.1) is 39.6 Å². The smallest absolute Gasteiger partial charge is 0.338 e. The van der Waals surface area contributed by atoms with Crippen molar-refractivity contribution in [1.29, 1.82) is 0 Å². The van der Waals surface area contributed by atoms with Gasteiger partial charge in [0, 0.05) is 5.56 Å². The van der Waals surface area contributed by atoms with Gasteiger partial charge in [-0.1, -0.05) is 59.9 Å². The minimum Gasteiger partial charge on any atom is -0.493 e. The Morgan fingerprint density at radius 1 is 1.12 bits per heavy atom. The van der Waals surface area contributed by atoms with Crippen molar-refractivity contribution >= 4 is 46.0 Å². The molecule has 0 N–H and O–H groups in total. The van der Waals surface area contributed by atoms with Gasteiger partial charge in [0.15, 0.2) is 16.3 Å². The number of methoxy groups -OCH3 is 2. The minimum absolute atomic E-state index is 0.0400. The molecule has 2 heterocycles. The van der Waals surface area contributed by atoms with E-state index in [0.717, 1.165) is 9.13 Å². The van der Waals surface area contributed by atoms with Gasteiger partial charge in [-0.25, -0.2) is 14.2 Å². The van der Waals surface area contributed by atoms with Crippen molar-refractivity contribution in [2.75, 3.05) is 14.2 Å². The minimum atomic E-state index is -0.670. The molecule has 4 aromatic rings. The van der Waals surface area contributed by atoms with E-state index in [0.29, 0.717) is 43.2 Å². The van der Waals surface area contributed by atoms with E-state index in [1.54, 1.807) is 41.8 Å². The molecule has 0 radical (unpaired) electrons. The molecule has 1 aliphatic rings. The van der Waals surface area contributed by atoms with Crippen molar-refractivity contribution in [3.8, 4) is 11.5 Å². The molecule has 0 aliphatic carbocycles. The Morgan fingerprint density at radius 3 is 2.55 bits per heavy atom. The first-order valence-electron chi connectivity index (χ1n) is 12.2. The molecule has 10 heteroatoms. The third-order valence-electron chi connectivity index (χ3n) is 6.42. The lowest BCUT2D eigenvalue weighted by Crippen LogP contribution is -2.39. The summed E-state index contributed by atoms with van der Waals surface area (Å²) in [5.74, 6) is 0.0538. The highest BCUT2D eigenvalue weighted by Gasteiger charge is 2.32. The van der Waals surface area contributed by atoms with E-state index in [1.165, 1.54) is 31.6 Å². The van der Waals surface area contributed by atoms with Crippen LogP contribution in [0.1, 0.15) is 29.7 Å². The number of thiazole rings is 1. The molecule has 204 valence electrons. The number of benzene rings is 3. The van der Waals surface area contributed by atoms with Crippen LogP contribution in [-0.2, 0) is 16.1 Å². The lowest BCUT2D eigenvalue weighted by Gasteiger charge is -2.24. The molecule has 0 saturated heterocycles. The van der Waals surface area contributed by atoms with Gasteiger partial charge in [-0.05, 0) is 64.9 Å². The van der Waals surface area contributed by atoms with Crippen molar-refractivity contribution in [2.24, 2.45) is 4.99 Å². The number of allylic oxidation sites excluding steroid dienone is 1. The van der Waals surface area contributed by atoms with Crippen LogP contribution in [0.2, 0.25) is 0 Å². The number of rotatable bonds is 7. The van der Waals surface area contributed by atoms with Crippen molar-refractivity contribution < 1.29 is 23.4 Å². The van der Waals surface area contributed by atoms with Gasteiger partial charge >= 0.3 is 5.97 Å². The summed E-state index contributed by atoms with van der Waals surface area (Å²) >= 11 is 3.37. The Labute approximate surface area is 247 Å². The van der Waals surface area contributed by atoms with E-state index in [-0.39, 0.29) is 18.0 Å². The predicted octanol–water partition coefficient (Wildman–Crippen LogP) is 4.74. The lowest BCUT2D eigenvalue weighted by molar-refractivity contribution is -0.136. The molecule has 1 unspecified atom stereocenters. The zero-order valence-corrected chi connectivity index (χ0v) is 24.8. The maximum absolute atomic E-state index is 14.1. The summed E-state index contributed by atoms with van der Waals surface area (Å²) in [6.45, 7) is 1.78. The zero-order valence-electron chi connectivity index (χ0n) is 21.8. The van der Waals surface area contributed by atoms with E-state index in [2.05, 4.69) is 27.6 Å². The first-order chi connectivity index (χ1) is 19.3. The fraction of sp³-hybridized carbons (Fsp3) is 0.167. The molecule has 40 heavy (non-hydrogen) atoms. The van der Waals surface area contributed by atoms with Crippen molar-refractivity contribution in [3.63, 3.8) is 0 Å². The Morgan fingerprint density at radius 2 is 1.85 bits per heavy atom. The number of carbonyl (C=O) groups excluding carboxylic acids is 1. The first-order valence-corrected chi connectivity index (χ1v) is 14.1. The highest BCUT2D eigenvalue weighted by Crippen LogP contribution is 2.35. The lowest BCUT2D eigenvalue weighted by atomic mass is 9.96. The van der Waals surface area contributed by atoms with Gasteiger partial charge < -0.3 is 14.2 Å². The molecule has 1 atom stereocenters. The van der Waals surface area contributed by atoms with Crippen LogP contribution in [-0.4, -0.2) is 24.8 Å². The summed E-state index contributed by atoms with van der Waals surface area (Å²) in [7, 11) is 2.84. The van der Waals surface area contributed by atoms with Gasteiger partial charge in [-0.3, -0.25) is 9.36 Å². The van der Waals surface area contributed by atoms with Gasteiger partial charge in [-0.2, -0.15) is 0 Å². The van der Waals surface area contributed by atoms with Crippen LogP contribution in [0.25, 0.3) is 6.08 Å². The number of halogens is 2. The molecule has 1 aliphatic heterocycles. The van der Waals surface area contributed by atoms with Gasteiger partial charge in [0.1, 0.15) is 12.4 Å². The average Bonchev–Trinajstić information content (AvgIpc) is 3.26. The summed E-state index contributed by atoms with van der Waals surface area (Å²) in [6.07, 6.45) is 1.76. The Kier molecular flexibility index (Phi) is 8.17. The molecule has 0 saturated carbocycles.